The summed E-state index contributed by atoms with van der Waals surface area (Å²) in [5.41, 5.74) is 2.85. The zero-order valence-corrected chi connectivity index (χ0v) is 19.1. The fraction of sp³-hybridized carbons (Fsp3) is 0.200. The molecule has 0 aliphatic carbocycles. The first-order chi connectivity index (χ1) is 15.9. The van der Waals surface area contributed by atoms with Gasteiger partial charge in [-0.05, 0) is 28.7 Å². The van der Waals surface area contributed by atoms with Crippen LogP contribution in [0.1, 0.15) is 39.9 Å². The standard InChI is InChI=1S/C25H21BrN2O5/c26-13-4-14-27-23(18-9-7-17(8-10-18)16-5-2-1-3-6-16)22(25(30)31)20-12-11-19(28(32)33)15-21(20)24(27)29/h1-3,5-12,15,22-23H,4,13-14H2,(H,30,31)/t22-,23-/m1/s1. The number of fused-ring (bicyclic) bond motifs is 1. The molecule has 8 heteroatoms. The van der Waals surface area contributed by atoms with E-state index < -0.39 is 28.8 Å². The van der Waals surface area contributed by atoms with E-state index in [4.69, 9.17) is 0 Å². The minimum atomic E-state index is -1.08. The van der Waals surface area contributed by atoms with Crippen LogP contribution in [0.15, 0.2) is 72.8 Å². The van der Waals surface area contributed by atoms with E-state index >= 15 is 0 Å². The Morgan fingerprint density at radius 1 is 1.03 bits per heavy atom. The molecule has 0 unspecified atom stereocenters. The molecule has 1 aliphatic rings. The first kappa shape index (κ1) is 22.7. The van der Waals surface area contributed by atoms with Crippen molar-refractivity contribution in [2.45, 2.75) is 18.4 Å². The van der Waals surface area contributed by atoms with Crippen LogP contribution in [-0.4, -0.2) is 38.7 Å². The summed E-state index contributed by atoms with van der Waals surface area (Å²) >= 11 is 3.37. The average Bonchev–Trinajstić information content (AvgIpc) is 2.83. The maximum Gasteiger partial charge on any atom is 0.313 e. The van der Waals surface area contributed by atoms with Crippen LogP contribution in [0, 0.1) is 10.1 Å². The number of carboxylic acid groups (broad SMARTS) is 1. The summed E-state index contributed by atoms with van der Waals surface area (Å²) in [7, 11) is 0. The molecule has 33 heavy (non-hydrogen) atoms. The van der Waals surface area contributed by atoms with Gasteiger partial charge in [0.25, 0.3) is 11.6 Å². The molecule has 0 spiro atoms. The van der Waals surface area contributed by atoms with Crippen molar-refractivity contribution < 1.29 is 19.6 Å². The van der Waals surface area contributed by atoms with Gasteiger partial charge in [-0.1, -0.05) is 76.6 Å². The number of nitro groups is 1. The number of rotatable bonds is 7. The van der Waals surface area contributed by atoms with Crippen LogP contribution in [0.25, 0.3) is 11.1 Å². The number of nitrogens with zero attached hydrogens (tertiary/aromatic N) is 2. The molecule has 1 heterocycles. The van der Waals surface area contributed by atoms with E-state index in [0.717, 1.165) is 11.1 Å². The van der Waals surface area contributed by atoms with E-state index in [9.17, 15) is 24.8 Å². The molecule has 0 radical (unpaired) electrons. The predicted octanol–water partition coefficient (Wildman–Crippen LogP) is 5.41. The van der Waals surface area contributed by atoms with Gasteiger partial charge in [0.05, 0.1) is 16.5 Å². The van der Waals surface area contributed by atoms with Gasteiger partial charge in [0, 0.05) is 24.0 Å². The summed E-state index contributed by atoms with van der Waals surface area (Å²) in [6.07, 6.45) is 0.612. The van der Waals surface area contributed by atoms with Crippen molar-refractivity contribution in [3.05, 3.63) is 99.6 Å². The molecule has 0 saturated heterocycles. The fourth-order valence-electron chi connectivity index (χ4n) is 4.36. The third kappa shape index (κ3) is 4.39. The summed E-state index contributed by atoms with van der Waals surface area (Å²) < 4.78 is 0. The first-order valence-electron chi connectivity index (χ1n) is 10.5. The van der Waals surface area contributed by atoms with Gasteiger partial charge in [0.2, 0.25) is 0 Å². The minimum absolute atomic E-state index is 0.0725. The van der Waals surface area contributed by atoms with E-state index in [0.29, 0.717) is 29.4 Å². The third-order valence-corrected chi connectivity index (χ3v) is 6.44. The summed E-state index contributed by atoms with van der Waals surface area (Å²) in [6, 6.07) is 20.5. The van der Waals surface area contributed by atoms with Crippen molar-refractivity contribution in [3.63, 3.8) is 0 Å². The molecule has 0 saturated carbocycles. The second-order valence-electron chi connectivity index (χ2n) is 7.82. The first-order valence-corrected chi connectivity index (χ1v) is 11.6. The Morgan fingerprint density at radius 2 is 1.70 bits per heavy atom. The Bertz CT molecular complexity index is 1200. The normalized spacial score (nSPS) is 17.5. The molecular weight excluding hydrogens is 488 g/mol. The van der Waals surface area contributed by atoms with E-state index in [-0.39, 0.29) is 11.3 Å². The van der Waals surface area contributed by atoms with Crippen molar-refractivity contribution in [2.75, 3.05) is 11.9 Å². The lowest BCUT2D eigenvalue weighted by Gasteiger charge is -2.40. The van der Waals surface area contributed by atoms with E-state index in [1.165, 1.54) is 23.1 Å². The zero-order valence-electron chi connectivity index (χ0n) is 17.6. The molecule has 168 valence electrons. The van der Waals surface area contributed by atoms with Gasteiger partial charge >= 0.3 is 5.97 Å². The minimum Gasteiger partial charge on any atom is -0.481 e. The number of alkyl halides is 1. The van der Waals surface area contributed by atoms with Gasteiger partial charge < -0.3 is 10.0 Å². The van der Waals surface area contributed by atoms with Crippen molar-refractivity contribution >= 4 is 33.5 Å². The van der Waals surface area contributed by atoms with Crippen molar-refractivity contribution in [1.82, 2.24) is 4.90 Å². The number of benzene rings is 3. The van der Waals surface area contributed by atoms with Crippen LogP contribution in [0.3, 0.4) is 0 Å². The highest BCUT2D eigenvalue weighted by atomic mass is 79.9. The lowest BCUT2D eigenvalue weighted by molar-refractivity contribution is -0.384. The zero-order chi connectivity index (χ0) is 23.5. The molecule has 3 aromatic carbocycles. The van der Waals surface area contributed by atoms with Gasteiger partial charge in [-0.3, -0.25) is 19.7 Å². The maximum atomic E-state index is 13.4. The fourth-order valence-corrected chi connectivity index (χ4v) is 4.61. The number of nitro benzene ring substituents is 1. The molecular formula is C25H21BrN2O5. The summed E-state index contributed by atoms with van der Waals surface area (Å²) in [4.78, 5) is 38.1. The lowest BCUT2D eigenvalue weighted by Crippen LogP contribution is -2.45. The molecule has 1 aliphatic heterocycles. The average molecular weight is 509 g/mol. The van der Waals surface area contributed by atoms with Gasteiger partial charge in [-0.25, -0.2) is 0 Å². The van der Waals surface area contributed by atoms with Crippen LogP contribution in [0.5, 0.6) is 0 Å². The van der Waals surface area contributed by atoms with E-state index in [2.05, 4.69) is 15.9 Å². The lowest BCUT2D eigenvalue weighted by atomic mass is 9.79. The topological polar surface area (TPSA) is 101 Å². The van der Waals surface area contributed by atoms with Crippen LogP contribution in [-0.2, 0) is 4.79 Å². The van der Waals surface area contributed by atoms with Crippen molar-refractivity contribution in [3.8, 4) is 11.1 Å². The number of hydrogen-bond donors (Lipinski definition) is 1. The number of carboxylic acids is 1. The molecule has 0 fully saturated rings. The monoisotopic (exact) mass is 508 g/mol. The predicted molar refractivity (Wildman–Crippen MR) is 128 cm³/mol. The van der Waals surface area contributed by atoms with Crippen LogP contribution in [0.4, 0.5) is 5.69 Å². The third-order valence-electron chi connectivity index (χ3n) is 5.88. The quantitative estimate of drug-likeness (QED) is 0.261. The summed E-state index contributed by atoms with van der Waals surface area (Å²) in [5.74, 6) is -2.53. The van der Waals surface area contributed by atoms with Crippen molar-refractivity contribution in [1.29, 1.82) is 0 Å². The molecule has 4 rings (SSSR count). The number of carbonyl (C=O) groups is 2. The summed E-state index contributed by atoms with van der Waals surface area (Å²) in [5, 5.41) is 22.1. The Hall–Kier alpha value is -3.52. The second-order valence-corrected chi connectivity index (χ2v) is 8.61. The molecule has 2 atom stereocenters. The smallest absolute Gasteiger partial charge is 0.313 e. The number of amides is 1. The highest BCUT2D eigenvalue weighted by molar-refractivity contribution is 9.09. The number of hydrogen-bond acceptors (Lipinski definition) is 4. The van der Waals surface area contributed by atoms with Crippen molar-refractivity contribution in [2.24, 2.45) is 0 Å². The van der Waals surface area contributed by atoms with Crippen LogP contribution >= 0.6 is 15.9 Å². The molecule has 0 bridgehead atoms. The van der Waals surface area contributed by atoms with Gasteiger partial charge in [-0.2, -0.15) is 0 Å². The van der Waals surface area contributed by atoms with Gasteiger partial charge in [0.1, 0.15) is 5.92 Å². The molecule has 3 aromatic rings. The van der Waals surface area contributed by atoms with E-state index in [1.54, 1.807) is 0 Å². The van der Waals surface area contributed by atoms with Gasteiger partial charge in [-0.15, -0.1) is 0 Å². The Morgan fingerprint density at radius 3 is 2.30 bits per heavy atom. The van der Waals surface area contributed by atoms with Crippen LogP contribution in [0.2, 0.25) is 0 Å². The Labute approximate surface area is 198 Å². The molecule has 1 amide bonds. The highest BCUT2D eigenvalue weighted by Gasteiger charge is 2.44. The highest BCUT2D eigenvalue weighted by Crippen LogP contribution is 2.44. The Kier molecular flexibility index (Phi) is 6.55. The van der Waals surface area contributed by atoms with Crippen LogP contribution < -0.4 is 0 Å². The number of aliphatic carboxylic acids is 1. The van der Waals surface area contributed by atoms with E-state index in [1.807, 2.05) is 54.6 Å². The SMILES string of the molecule is O=C(O)[C@@H]1c2ccc([N+](=O)[O-])cc2C(=O)N(CCCBr)[C@@H]1c1ccc(-c2ccccc2)cc1. The molecule has 1 N–H and O–H groups in total. The number of halogens is 1. The maximum absolute atomic E-state index is 13.4. The number of carbonyl (C=O) groups excluding carboxylic acids is 1. The Balaban J connectivity index is 1.82. The number of non-ortho nitro benzene ring substituents is 1. The molecule has 0 aromatic heterocycles. The second kappa shape index (κ2) is 9.54. The largest absolute Gasteiger partial charge is 0.481 e. The molecule has 7 nitrogen and oxygen atoms in total. The van der Waals surface area contributed by atoms with Gasteiger partial charge in [0.15, 0.2) is 0 Å². The summed E-state index contributed by atoms with van der Waals surface area (Å²) in [6.45, 7) is 0.321.